The van der Waals surface area contributed by atoms with Crippen LogP contribution in [0.1, 0.15) is 6.42 Å². The fourth-order valence-corrected chi connectivity index (χ4v) is 0.935. The molecule has 1 aliphatic rings. The van der Waals surface area contributed by atoms with Gasteiger partial charge in [0.1, 0.15) is 0 Å². The normalized spacial score (nSPS) is 30.0. The number of carbonyl (C=O) groups excluding carboxylic acids is 1. The lowest BCUT2D eigenvalue weighted by molar-refractivity contribution is 0.0273. The number of aliphatic hydroxyl groups excluding tert-OH is 1. The minimum atomic E-state index is -0.725. The van der Waals surface area contributed by atoms with Gasteiger partial charge >= 0.3 is 6.16 Å². The van der Waals surface area contributed by atoms with Crippen LogP contribution in [0.25, 0.3) is 0 Å². The molecule has 0 unspecified atom stereocenters. The summed E-state index contributed by atoms with van der Waals surface area (Å²) in [6.45, 7) is 0.460. The van der Waals surface area contributed by atoms with Gasteiger partial charge < -0.3 is 14.6 Å². The van der Waals surface area contributed by atoms with Crippen molar-refractivity contribution in [2.75, 3.05) is 13.7 Å². The Balaban J connectivity index is 2.23. The monoisotopic (exact) mass is 161 g/mol. The Morgan fingerprint density at radius 2 is 2.45 bits per heavy atom. The van der Waals surface area contributed by atoms with Crippen molar-refractivity contribution in [1.29, 1.82) is 0 Å². The molecule has 0 bridgehead atoms. The predicted molar refractivity (Wildman–Crippen MR) is 35.9 cm³/mol. The molecule has 0 aromatic heterocycles. The maximum absolute atomic E-state index is 10.5. The highest BCUT2D eigenvalue weighted by Crippen LogP contribution is 2.07. The smallest absolute Gasteiger partial charge is 0.438 e. The van der Waals surface area contributed by atoms with Crippen molar-refractivity contribution < 1.29 is 19.4 Å². The quantitative estimate of drug-likeness (QED) is 0.505. The van der Waals surface area contributed by atoms with Crippen LogP contribution in [0, 0.1) is 0 Å². The van der Waals surface area contributed by atoms with Crippen LogP contribution in [-0.4, -0.2) is 37.2 Å². The van der Waals surface area contributed by atoms with E-state index in [4.69, 9.17) is 9.84 Å². The van der Waals surface area contributed by atoms with Crippen molar-refractivity contribution in [3.63, 3.8) is 0 Å². The summed E-state index contributed by atoms with van der Waals surface area (Å²) >= 11 is 0. The van der Waals surface area contributed by atoms with Gasteiger partial charge in [-0.2, -0.15) is 0 Å². The summed E-state index contributed by atoms with van der Waals surface area (Å²) in [7, 11) is 1.24. The van der Waals surface area contributed by atoms with Gasteiger partial charge in [0.15, 0.2) is 6.23 Å². The van der Waals surface area contributed by atoms with E-state index in [2.05, 4.69) is 10.1 Å². The summed E-state index contributed by atoms with van der Waals surface area (Å²) in [6.07, 6.45) is -1.13. The van der Waals surface area contributed by atoms with Crippen molar-refractivity contribution in [2.45, 2.75) is 18.8 Å². The van der Waals surface area contributed by atoms with Gasteiger partial charge in [-0.05, 0) is 0 Å². The van der Waals surface area contributed by atoms with E-state index in [0.717, 1.165) is 0 Å². The van der Waals surface area contributed by atoms with Crippen LogP contribution in [0.5, 0.6) is 0 Å². The lowest BCUT2D eigenvalue weighted by Gasteiger charge is -2.09. The fraction of sp³-hybridized carbons (Fsp3) is 0.833. The number of β-amino-alcohol motifs (C(OH)–C–C–N with tert-alkyl or cyclic N) is 1. The molecule has 1 rings (SSSR count). The van der Waals surface area contributed by atoms with Gasteiger partial charge in [-0.3, -0.25) is 5.32 Å². The highest BCUT2D eigenvalue weighted by molar-refractivity contribution is 5.59. The summed E-state index contributed by atoms with van der Waals surface area (Å²) in [5, 5.41) is 11.8. The Bertz CT molecular complexity index is 150. The molecule has 0 amide bonds. The van der Waals surface area contributed by atoms with E-state index in [9.17, 15) is 4.79 Å². The van der Waals surface area contributed by atoms with Gasteiger partial charge in [0.25, 0.3) is 0 Å². The summed E-state index contributed by atoms with van der Waals surface area (Å²) < 4.78 is 8.96. The van der Waals surface area contributed by atoms with Gasteiger partial charge in [-0.25, -0.2) is 4.79 Å². The molecule has 11 heavy (non-hydrogen) atoms. The van der Waals surface area contributed by atoms with E-state index < -0.39 is 18.5 Å². The van der Waals surface area contributed by atoms with Crippen LogP contribution in [0.4, 0.5) is 4.79 Å². The number of methoxy groups -OCH3 is 1. The van der Waals surface area contributed by atoms with Crippen LogP contribution in [0.2, 0.25) is 0 Å². The first-order valence-corrected chi connectivity index (χ1v) is 3.38. The number of aliphatic hydroxyl groups is 1. The van der Waals surface area contributed by atoms with Crippen molar-refractivity contribution in [3.8, 4) is 0 Å². The Kier molecular flexibility index (Phi) is 2.67. The molecule has 5 nitrogen and oxygen atoms in total. The zero-order valence-corrected chi connectivity index (χ0v) is 6.24. The standard InChI is InChI=1S/C6H11NO4/c1-10-6(9)11-5-2-4(8)3-7-5/h4-5,7-8H,2-3H2,1H3/t4-,5+/m1/s1. The third-order valence-electron chi connectivity index (χ3n) is 1.47. The predicted octanol–water partition coefficient (Wildman–Crippen LogP) is -0.550. The van der Waals surface area contributed by atoms with Gasteiger partial charge in [0, 0.05) is 13.0 Å². The van der Waals surface area contributed by atoms with Crippen molar-refractivity contribution in [3.05, 3.63) is 0 Å². The average Bonchev–Trinajstić information content (AvgIpc) is 2.35. The molecule has 0 radical (unpaired) electrons. The molecule has 1 aliphatic heterocycles. The third-order valence-corrected chi connectivity index (χ3v) is 1.47. The molecule has 64 valence electrons. The Hall–Kier alpha value is -0.810. The second-order valence-electron chi connectivity index (χ2n) is 2.36. The van der Waals surface area contributed by atoms with E-state index >= 15 is 0 Å². The molecule has 2 N–H and O–H groups in total. The number of rotatable bonds is 1. The van der Waals surface area contributed by atoms with Gasteiger partial charge in [-0.1, -0.05) is 0 Å². The summed E-state index contributed by atoms with van der Waals surface area (Å²) in [5.74, 6) is 0. The van der Waals surface area contributed by atoms with Crippen molar-refractivity contribution in [1.82, 2.24) is 5.32 Å². The fourth-order valence-electron chi connectivity index (χ4n) is 0.935. The molecule has 0 aliphatic carbocycles. The molecular formula is C6H11NO4. The summed E-state index contributed by atoms with van der Waals surface area (Å²) in [5.41, 5.74) is 0. The lowest BCUT2D eigenvalue weighted by Crippen LogP contribution is -2.27. The minimum absolute atomic E-state index is 0.405. The molecule has 0 saturated carbocycles. The van der Waals surface area contributed by atoms with Crippen LogP contribution < -0.4 is 5.32 Å². The average molecular weight is 161 g/mol. The number of ether oxygens (including phenoxy) is 2. The lowest BCUT2D eigenvalue weighted by atomic mass is 10.3. The maximum atomic E-state index is 10.5. The minimum Gasteiger partial charge on any atom is -0.438 e. The molecule has 1 heterocycles. The SMILES string of the molecule is COC(=O)O[C@H]1C[C@@H](O)CN1. The van der Waals surface area contributed by atoms with E-state index in [0.29, 0.717) is 13.0 Å². The second kappa shape index (κ2) is 3.54. The number of hydrogen-bond donors (Lipinski definition) is 2. The van der Waals surface area contributed by atoms with Gasteiger partial charge in [0.05, 0.1) is 13.2 Å². The second-order valence-corrected chi connectivity index (χ2v) is 2.36. The molecule has 0 aromatic rings. The Morgan fingerprint density at radius 1 is 1.73 bits per heavy atom. The van der Waals surface area contributed by atoms with E-state index in [1.54, 1.807) is 0 Å². The van der Waals surface area contributed by atoms with Crippen LogP contribution in [0.15, 0.2) is 0 Å². The first-order valence-electron chi connectivity index (χ1n) is 3.38. The topological polar surface area (TPSA) is 67.8 Å². The zero-order valence-electron chi connectivity index (χ0n) is 6.24. The van der Waals surface area contributed by atoms with Crippen LogP contribution >= 0.6 is 0 Å². The maximum Gasteiger partial charge on any atom is 0.509 e. The van der Waals surface area contributed by atoms with E-state index in [-0.39, 0.29) is 0 Å². The van der Waals surface area contributed by atoms with Gasteiger partial charge in [-0.15, -0.1) is 0 Å². The highest BCUT2D eigenvalue weighted by Gasteiger charge is 2.25. The first-order chi connectivity index (χ1) is 5.22. The summed E-state index contributed by atoms with van der Waals surface area (Å²) in [4.78, 5) is 10.5. The van der Waals surface area contributed by atoms with Gasteiger partial charge in [0.2, 0.25) is 0 Å². The van der Waals surface area contributed by atoms with Crippen LogP contribution in [-0.2, 0) is 9.47 Å². The first kappa shape index (κ1) is 8.29. The number of hydrogen-bond acceptors (Lipinski definition) is 5. The number of carbonyl (C=O) groups is 1. The molecule has 2 atom stereocenters. The molecule has 1 fully saturated rings. The van der Waals surface area contributed by atoms with Crippen molar-refractivity contribution in [2.24, 2.45) is 0 Å². The van der Waals surface area contributed by atoms with E-state index in [1.165, 1.54) is 7.11 Å². The van der Waals surface area contributed by atoms with E-state index in [1.807, 2.05) is 0 Å². The Morgan fingerprint density at radius 3 is 2.91 bits per heavy atom. The Labute approximate surface area is 64.3 Å². The molecule has 1 saturated heterocycles. The summed E-state index contributed by atoms with van der Waals surface area (Å²) in [6, 6.07) is 0. The molecule has 0 spiro atoms. The molecule has 0 aromatic carbocycles. The van der Waals surface area contributed by atoms with Crippen molar-refractivity contribution >= 4 is 6.16 Å². The van der Waals surface area contributed by atoms with Crippen LogP contribution in [0.3, 0.4) is 0 Å². The number of nitrogens with one attached hydrogen (secondary N) is 1. The third kappa shape index (κ3) is 2.36. The molecular weight excluding hydrogens is 150 g/mol. The largest absolute Gasteiger partial charge is 0.509 e. The molecule has 5 heteroatoms. The highest BCUT2D eigenvalue weighted by atomic mass is 16.7. The zero-order chi connectivity index (χ0) is 8.27.